The molecule has 22 heavy (non-hydrogen) atoms. The zero-order valence-electron chi connectivity index (χ0n) is 13.7. The van der Waals surface area contributed by atoms with Gasteiger partial charge in [-0.1, -0.05) is 17.7 Å². The molecule has 1 saturated heterocycles. The molecule has 0 unspecified atom stereocenters. The van der Waals surface area contributed by atoms with Gasteiger partial charge in [0.2, 0.25) is 0 Å². The number of likely N-dealkylation sites (N-methyl/N-ethyl adjacent to an activating group) is 1. The molecule has 0 N–H and O–H groups in total. The lowest BCUT2D eigenvalue weighted by Gasteiger charge is -2.32. The van der Waals surface area contributed by atoms with Gasteiger partial charge in [0.25, 0.3) is 0 Å². The Labute approximate surface area is 133 Å². The number of nitrogens with zero attached hydrogens (tertiary/aromatic N) is 4. The number of hydrogen-bond donors (Lipinski definition) is 0. The Kier molecular flexibility index (Phi) is 4.90. The van der Waals surface area contributed by atoms with Gasteiger partial charge in [0, 0.05) is 38.6 Å². The molecule has 118 valence electrons. The number of piperazine rings is 1. The number of aryl methyl sites for hydroxylation is 2. The molecule has 4 nitrogen and oxygen atoms in total. The molecule has 1 aromatic heterocycles. The third-order valence-electron chi connectivity index (χ3n) is 4.50. The van der Waals surface area contributed by atoms with Crippen LogP contribution in [0.2, 0.25) is 0 Å². The number of benzene rings is 1. The molecular weight excluding hydrogens is 272 g/mol. The smallest absolute Gasteiger partial charge is 0.0677 e. The van der Waals surface area contributed by atoms with E-state index in [1.807, 2.05) is 23.1 Å². The molecule has 1 aliphatic rings. The summed E-state index contributed by atoms with van der Waals surface area (Å²) in [4.78, 5) is 5.00. The van der Waals surface area contributed by atoms with Crippen molar-refractivity contribution >= 4 is 0 Å². The second-order valence-electron chi connectivity index (χ2n) is 6.33. The van der Waals surface area contributed by atoms with E-state index in [9.17, 15) is 0 Å². The van der Waals surface area contributed by atoms with E-state index in [1.165, 1.54) is 56.0 Å². The topological polar surface area (TPSA) is 24.3 Å². The summed E-state index contributed by atoms with van der Waals surface area (Å²) in [5.41, 5.74) is 3.94. The Morgan fingerprint density at radius 3 is 2.68 bits per heavy atom. The van der Waals surface area contributed by atoms with Crippen LogP contribution in [0.1, 0.15) is 17.5 Å². The third kappa shape index (κ3) is 3.76. The molecule has 1 fully saturated rings. The Morgan fingerprint density at radius 2 is 1.95 bits per heavy atom. The minimum Gasteiger partial charge on any atom is -0.304 e. The first-order valence-electron chi connectivity index (χ1n) is 8.23. The Morgan fingerprint density at radius 1 is 1.14 bits per heavy atom. The molecule has 2 aromatic rings. The molecule has 2 heterocycles. The highest BCUT2D eigenvalue weighted by atomic mass is 15.3. The molecule has 0 amide bonds. The first-order valence-corrected chi connectivity index (χ1v) is 8.23. The summed E-state index contributed by atoms with van der Waals surface area (Å²) in [5, 5.41) is 4.38. The van der Waals surface area contributed by atoms with E-state index in [1.54, 1.807) is 0 Å². The first kappa shape index (κ1) is 15.3. The number of aromatic nitrogens is 2. The molecule has 0 radical (unpaired) electrons. The van der Waals surface area contributed by atoms with Crippen molar-refractivity contribution in [1.82, 2.24) is 19.6 Å². The zero-order valence-corrected chi connectivity index (χ0v) is 13.7. The molecule has 0 bridgehead atoms. The predicted molar refractivity (Wildman–Crippen MR) is 90.6 cm³/mol. The largest absolute Gasteiger partial charge is 0.304 e. The van der Waals surface area contributed by atoms with Gasteiger partial charge in [-0.05, 0) is 51.1 Å². The summed E-state index contributed by atoms with van der Waals surface area (Å²) in [6.45, 7) is 8.16. The summed E-state index contributed by atoms with van der Waals surface area (Å²) < 4.78 is 1.98. The number of rotatable bonds is 5. The minimum atomic E-state index is 1.11. The van der Waals surface area contributed by atoms with Crippen molar-refractivity contribution in [3.05, 3.63) is 47.8 Å². The molecule has 0 aliphatic carbocycles. The van der Waals surface area contributed by atoms with E-state index in [0.717, 1.165) is 6.42 Å². The maximum atomic E-state index is 4.38. The average molecular weight is 298 g/mol. The molecule has 4 heteroatoms. The van der Waals surface area contributed by atoms with Crippen LogP contribution in [-0.2, 0) is 6.42 Å². The van der Waals surface area contributed by atoms with Gasteiger partial charge in [-0.2, -0.15) is 5.10 Å². The minimum absolute atomic E-state index is 1.11. The van der Waals surface area contributed by atoms with Crippen molar-refractivity contribution in [2.24, 2.45) is 0 Å². The van der Waals surface area contributed by atoms with Crippen molar-refractivity contribution in [2.45, 2.75) is 19.8 Å². The molecule has 3 rings (SSSR count). The normalized spacial score (nSPS) is 17.0. The fourth-order valence-electron chi connectivity index (χ4n) is 3.11. The van der Waals surface area contributed by atoms with Crippen LogP contribution in [-0.4, -0.2) is 59.4 Å². The zero-order chi connectivity index (χ0) is 15.4. The second-order valence-corrected chi connectivity index (χ2v) is 6.33. The molecule has 1 aliphatic heterocycles. The van der Waals surface area contributed by atoms with Crippen LogP contribution in [0, 0.1) is 6.92 Å². The maximum Gasteiger partial charge on any atom is 0.0677 e. The SMILES string of the molecule is Cc1ccc(-n2cccn2)c(CCCN2CCN(C)CC2)c1. The van der Waals surface area contributed by atoms with Gasteiger partial charge >= 0.3 is 0 Å². The number of hydrogen-bond acceptors (Lipinski definition) is 3. The Hall–Kier alpha value is -1.65. The van der Waals surface area contributed by atoms with Gasteiger partial charge < -0.3 is 9.80 Å². The van der Waals surface area contributed by atoms with Crippen molar-refractivity contribution in [3.63, 3.8) is 0 Å². The van der Waals surface area contributed by atoms with Crippen molar-refractivity contribution in [3.8, 4) is 5.69 Å². The van der Waals surface area contributed by atoms with E-state index in [2.05, 4.69) is 47.1 Å². The highest BCUT2D eigenvalue weighted by molar-refractivity contribution is 5.42. The van der Waals surface area contributed by atoms with Gasteiger partial charge in [-0.25, -0.2) is 4.68 Å². The van der Waals surface area contributed by atoms with Crippen molar-refractivity contribution in [2.75, 3.05) is 39.8 Å². The first-order chi connectivity index (χ1) is 10.7. The van der Waals surface area contributed by atoms with Crippen LogP contribution in [0.15, 0.2) is 36.7 Å². The fraction of sp³-hybridized carbons (Fsp3) is 0.500. The molecule has 0 spiro atoms. The molecule has 1 aromatic carbocycles. The molecule has 0 atom stereocenters. The lowest BCUT2D eigenvalue weighted by atomic mass is 10.0. The Bertz CT molecular complexity index is 583. The van der Waals surface area contributed by atoms with E-state index < -0.39 is 0 Å². The van der Waals surface area contributed by atoms with Gasteiger partial charge in [0.1, 0.15) is 0 Å². The Balaban J connectivity index is 1.61. The van der Waals surface area contributed by atoms with Crippen LogP contribution in [0.25, 0.3) is 5.69 Å². The lowest BCUT2D eigenvalue weighted by molar-refractivity contribution is 0.153. The van der Waals surface area contributed by atoms with Crippen molar-refractivity contribution < 1.29 is 0 Å². The van der Waals surface area contributed by atoms with Gasteiger partial charge in [0.05, 0.1) is 5.69 Å². The highest BCUT2D eigenvalue weighted by Crippen LogP contribution is 2.18. The van der Waals surface area contributed by atoms with Crippen LogP contribution in [0.4, 0.5) is 0 Å². The van der Waals surface area contributed by atoms with Crippen LogP contribution in [0.5, 0.6) is 0 Å². The van der Waals surface area contributed by atoms with Crippen LogP contribution < -0.4 is 0 Å². The summed E-state index contributed by atoms with van der Waals surface area (Å²) in [7, 11) is 2.21. The summed E-state index contributed by atoms with van der Waals surface area (Å²) >= 11 is 0. The highest BCUT2D eigenvalue weighted by Gasteiger charge is 2.13. The van der Waals surface area contributed by atoms with E-state index >= 15 is 0 Å². The van der Waals surface area contributed by atoms with Crippen molar-refractivity contribution in [1.29, 1.82) is 0 Å². The second kappa shape index (κ2) is 7.07. The van der Waals surface area contributed by atoms with Gasteiger partial charge in [-0.15, -0.1) is 0 Å². The van der Waals surface area contributed by atoms with Crippen LogP contribution >= 0.6 is 0 Å². The van der Waals surface area contributed by atoms with Crippen LogP contribution in [0.3, 0.4) is 0 Å². The van der Waals surface area contributed by atoms with Gasteiger partial charge in [0.15, 0.2) is 0 Å². The fourth-order valence-corrected chi connectivity index (χ4v) is 3.11. The summed E-state index contributed by atoms with van der Waals surface area (Å²) in [5.74, 6) is 0. The molecule has 0 saturated carbocycles. The standard InChI is InChI=1S/C18H26N4/c1-16-6-7-18(22-10-4-8-19-22)17(15-16)5-3-9-21-13-11-20(2)12-14-21/h4,6-8,10,15H,3,5,9,11-14H2,1-2H3. The lowest BCUT2D eigenvalue weighted by Crippen LogP contribution is -2.44. The average Bonchev–Trinajstić information content (AvgIpc) is 3.04. The quantitative estimate of drug-likeness (QED) is 0.847. The van der Waals surface area contributed by atoms with E-state index in [4.69, 9.17) is 0 Å². The van der Waals surface area contributed by atoms with E-state index in [-0.39, 0.29) is 0 Å². The predicted octanol–water partition coefficient (Wildman–Crippen LogP) is 2.36. The summed E-state index contributed by atoms with van der Waals surface area (Å²) in [6.07, 6.45) is 6.19. The van der Waals surface area contributed by atoms with E-state index in [0.29, 0.717) is 0 Å². The van der Waals surface area contributed by atoms with Gasteiger partial charge in [-0.3, -0.25) is 0 Å². The monoisotopic (exact) mass is 298 g/mol. The third-order valence-corrected chi connectivity index (χ3v) is 4.50. The maximum absolute atomic E-state index is 4.38. The summed E-state index contributed by atoms with van der Waals surface area (Å²) in [6, 6.07) is 8.64. The molecular formula is C18H26N4.